The van der Waals surface area contributed by atoms with Crippen molar-refractivity contribution in [2.75, 3.05) is 0 Å². The van der Waals surface area contributed by atoms with Gasteiger partial charge in [-0.3, -0.25) is 6.08 Å². The third kappa shape index (κ3) is 7.66. The van der Waals surface area contributed by atoms with Crippen LogP contribution >= 0.6 is 0 Å². The van der Waals surface area contributed by atoms with E-state index in [4.69, 9.17) is 0 Å². The van der Waals surface area contributed by atoms with Gasteiger partial charge in [-0.15, -0.1) is 12.0 Å². The van der Waals surface area contributed by atoms with Gasteiger partial charge in [0.15, 0.2) is 0 Å². The minimum atomic E-state index is 0. The SMILES string of the molecule is C[SiH]C.[C-]1=CC=CC1.[Cl-].[Cl-].[Zr+4].[c-]1cccc2c1Cc1ccccc1-2. The Kier molecular flexibility index (Phi) is 16.0. The number of allylic oxidation sites excluding steroid dienone is 4. The molecule has 2 aromatic rings. The van der Waals surface area contributed by atoms with Gasteiger partial charge in [0.2, 0.25) is 0 Å². The predicted octanol–water partition coefficient (Wildman–Crippen LogP) is -1.11. The predicted molar refractivity (Wildman–Crippen MR) is 94.0 cm³/mol. The summed E-state index contributed by atoms with van der Waals surface area (Å²) in [4.78, 5) is 0. The molecule has 0 aliphatic heterocycles. The van der Waals surface area contributed by atoms with Gasteiger partial charge in [0.1, 0.15) is 0 Å². The number of halogens is 2. The van der Waals surface area contributed by atoms with Crippen LogP contribution in [-0.2, 0) is 32.6 Å². The molecule has 0 unspecified atom stereocenters. The fraction of sp³-hybridized carbons (Fsp3) is 0.200. The Morgan fingerprint density at radius 3 is 2.21 bits per heavy atom. The average Bonchev–Trinajstić information content (AvgIpc) is 3.19. The fourth-order valence-corrected chi connectivity index (χ4v) is 2.34. The van der Waals surface area contributed by atoms with Gasteiger partial charge in [-0.1, -0.05) is 48.5 Å². The molecule has 0 aromatic heterocycles. The Balaban J connectivity index is 0. The summed E-state index contributed by atoms with van der Waals surface area (Å²) in [5, 5.41) is 0. The summed E-state index contributed by atoms with van der Waals surface area (Å²) in [5.41, 5.74) is 5.51. The van der Waals surface area contributed by atoms with Gasteiger partial charge in [0.25, 0.3) is 0 Å². The molecule has 0 saturated heterocycles. The zero-order valence-corrected chi connectivity index (χ0v) is 19.1. The summed E-state index contributed by atoms with van der Waals surface area (Å²) in [7, 11) is 0.750. The molecule has 2 aromatic carbocycles. The van der Waals surface area contributed by atoms with Gasteiger partial charge in [-0.05, 0) is 6.42 Å². The molecule has 123 valence electrons. The quantitative estimate of drug-likeness (QED) is 0.300. The summed E-state index contributed by atoms with van der Waals surface area (Å²) in [6.07, 6.45) is 11.0. The number of fused-ring (bicyclic) bond motifs is 3. The van der Waals surface area contributed by atoms with E-state index in [-0.39, 0.29) is 51.0 Å². The van der Waals surface area contributed by atoms with Crippen LogP contribution < -0.4 is 24.8 Å². The summed E-state index contributed by atoms with van der Waals surface area (Å²) in [6, 6.07) is 18.1. The normalized spacial score (nSPS) is 11.1. The molecule has 2 aliphatic rings. The first-order chi connectivity index (χ1) is 10.4. The zero-order chi connectivity index (χ0) is 14.9. The van der Waals surface area contributed by atoms with Gasteiger partial charge in [-0.25, -0.2) is 12.2 Å². The molecule has 0 amide bonds. The Hall–Kier alpha value is -0.400. The summed E-state index contributed by atoms with van der Waals surface area (Å²) >= 11 is 0. The monoisotopic (exact) mass is 449 g/mol. The van der Waals surface area contributed by atoms with Gasteiger partial charge in [0, 0.05) is 9.52 Å². The Bertz CT molecular complexity index is 586. The molecule has 0 saturated carbocycles. The molecule has 0 atom stereocenters. The van der Waals surface area contributed by atoms with E-state index >= 15 is 0 Å². The zero-order valence-electron chi connectivity index (χ0n) is 14.0. The van der Waals surface area contributed by atoms with Crippen molar-refractivity contribution in [2.24, 2.45) is 0 Å². The molecule has 0 N–H and O–H groups in total. The van der Waals surface area contributed by atoms with Crippen LogP contribution in [0.5, 0.6) is 0 Å². The van der Waals surface area contributed by atoms with Crippen molar-refractivity contribution in [1.82, 2.24) is 0 Å². The maximum Gasteiger partial charge on any atom is 4.00 e. The minimum absolute atomic E-state index is 0. The molecule has 4 rings (SSSR count). The second-order valence-corrected chi connectivity index (χ2v) is 6.13. The molecule has 24 heavy (non-hydrogen) atoms. The van der Waals surface area contributed by atoms with E-state index in [2.05, 4.69) is 67.7 Å². The molecule has 2 aliphatic carbocycles. The van der Waals surface area contributed by atoms with Crippen molar-refractivity contribution >= 4 is 9.52 Å². The second-order valence-electron chi connectivity index (χ2n) is 4.98. The standard InChI is InChI=1S/C13H9.C5H5.C2H7Si.2ClH.Zr/c1-3-7-12-10(5-1)9-11-6-2-4-8-13(11)12;1-2-4-5-3-1;1-3-2;;;/h1-5,7-8H,9H2;1-3H,4H2;3H,1-2H3;2*1H;/q2*-1;;;;+4/p-2. The molecular formula is C20H21Cl2SiZr. The summed E-state index contributed by atoms with van der Waals surface area (Å²) in [5.74, 6) is 0. The van der Waals surface area contributed by atoms with Crippen molar-refractivity contribution in [2.45, 2.75) is 25.9 Å². The first-order valence-corrected chi connectivity index (χ1v) is 9.71. The molecule has 0 bridgehead atoms. The van der Waals surface area contributed by atoms with Gasteiger partial charge < -0.3 is 24.8 Å². The van der Waals surface area contributed by atoms with Crippen molar-refractivity contribution < 1.29 is 51.0 Å². The average molecular weight is 452 g/mol. The molecule has 0 nitrogen and oxygen atoms in total. The van der Waals surface area contributed by atoms with Gasteiger partial charge in [0.05, 0.1) is 0 Å². The number of hydrogen-bond acceptors (Lipinski definition) is 0. The minimum Gasteiger partial charge on any atom is -1.00 e. The first-order valence-electron chi connectivity index (χ1n) is 7.40. The molecular weight excluding hydrogens is 430 g/mol. The van der Waals surface area contributed by atoms with Gasteiger partial charge >= 0.3 is 26.2 Å². The number of benzene rings is 2. The van der Waals surface area contributed by atoms with Crippen molar-refractivity contribution in [3.05, 3.63) is 84.0 Å². The van der Waals surface area contributed by atoms with Crippen LogP contribution in [-0.4, -0.2) is 9.52 Å². The summed E-state index contributed by atoms with van der Waals surface area (Å²) in [6.45, 7) is 4.42. The Morgan fingerprint density at radius 1 is 0.958 bits per heavy atom. The molecule has 1 radical (unpaired) electrons. The fourth-order valence-electron chi connectivity index (χ4n) is 2.34. The van der Waals surface area contributed by atoms with E-state index < -0.39 is 0 Å². The Labute approximate surface area is 180 Å². The van der Waals surface area contributed by atoms with Crippen molar-refractivity contribution in [1.29, 1.82) is 0 Å². The van der Waals surface area contributed by atoms with E-state index in [0.29, 0.717) is 0 Å². The van der Waals surface area contributed by atoms with Crippen LogP contribution in [0.2, 0.25) is 13.1 Å². The maximum absolute atomic E-state index is 3.30. The van der Waals surface area contributed by atoms with E-state index in [1.165, 1.54) is 22.3 Å². The van der Waals surface area contributed by atoms with Crippen LogP contribution in [0.15, 0.2) is 60.7 Å². The molecule has 0 fully saturated rings. The third-order valence-electron chi connectivity index (χ3n) is 3.20. The largest absolute Gasteiger partial charge is 4.00 e. The molecule has 0 spiro atoms. The van der Waals surface area contributed by atoms with Crippen LogP contribution in [0.25, 0.3) is 11.1 Å². The van der Waals surface area contributed by atoms with Crippen LogP contribution in [0.3, 0.4) is 0 Å². The van der Waals surface area contributed by atoms with E-state index in [1.54, 1.807) is 0 Å². The topological polar surface area (TPSA) is 0 Å². The van der Waals surface area contributed by atoms with Crippen molar-refractivity contribution in [3.63, 3.8) is 0 Å². The Morgan fingerprint density at radius 2 is 1.62 bits per heavy atom. The van der Waals surface area contributed by atoms with Crippen LogP contribution in [0.4, 0.5) is 0 Å². The molecule has 0 heterocycles. The van der Waals surface area contributed by atoms with Gasteiger partial charge in [-0.2, -0.15) is 35.9 Å². The van der Waals surface area contributed by atoms with Crippen LogP contribution in [0.1, 0.15) is 17.5 Å². The maximum atomic E-state index is 3.30. The smallest absolute Gasteiger partial charge is 1.00 e. The third-order valence-corrected chi connectivity index (χ3v) is 3.20. The van der Waals surface area contributed by atoms with E-state index in [1.807, 2.05) is 18.2 Å². The number of rotatable bonds is 0. The second kappa shape index (κ2) is 14.9. The van der Waals surface area contributed by atoms with Crippen LogP contribution in [0, 0.1) is 12.1 Å². The summed E-state index contributed by atoms with van der Waals surface area (Å²) < 4.78 is 0. The van der Waals surface area contributed by atoms with E-state index in [0.717, 1.165) is 22.4 Å². The van der Waals surface area contributed by atoms with E-state index in [9.17, 15) is 0 Å². The number of hydrogen-bond donors (Lipinski definition) is 0. The van der Waals surface area contributed by atoms with Crippen molar-refractivity contribution in [3.8, 4) is 11.1 Å². The first kappa shape index (κ1) is 25.8. The molecule has 4 heteroatoms.